The minimum atomic E-state index is -0.897. The minimum Gasteiger partial charge on any atom is -0.478 e. The number of aryl methyl sites for hydroxylation is 1. The van der Waals surface area contributed by atoms with Gasteiger partial charge in [0.15, 0.2) is 0 Å². The zero-order valence-electron chi connectivity index (χ0n) is 18.4. The standard InChI is InChI=1S/C26H34O3S/c1-4-30-25(21-11-6-5-7-12-21)19(3)29-17-20-14-15-23(26(27)28)24(16-20)22-13-9-8-10-18(22)2/h8-10,13-16,19,21,25H,4-7,11-12,17H2,1-3H3,(H,27,28)/t19-,25?/m0/s1. The summed E-state index contributed by atoms with van der Waals surface area (Å²) in [5, 5.41) is 10.2. The van der Waals surface area contributed by atoms with Gasteiger partial charge in [0.05, 0.1) is 18.3 Å². The molecule has 4 heteroatoms. The van der Waals surface area contributed by atoms with Gasteiger partial charge in [-0.2, -0.15) is 11.8 Å². The van der Waals surface area contributed by atoms with Crippen LogP contribution in [0.25, 0.3) is 11.1 Å². The number of hydrogen-bond acceptors (Lipinski definition) is 3. The van der Waals surface area contributed by atoms with E-state index in [0.29, 0.717) is 17.4 Å². The number of benzene rings is 2. The monoisotopic (exact) mass is 426 g/mol. The number of hydrogen-bond donors (Lipinski definition) is 1. The average Bonchev–Trinajstić information content (AvgIpc) is 2.76. The van der Waals surface area contributed by atoms with Crippen LogP contribution in [0.4, 0.5) is 0 Å². The molecule has 2 atom stereocenters. The number of carbonyl (C=O) groups is 1. The number of carboxylic acid groups (broad SMARTS) is 1. The lowest BCUT2D eigenvalue weighted by molar-refractivity contribution is 0.0375. The summed E-state index contributed by atoms with van der Waals surface area (Å²) in [6, 6.07) is 13.5. The van der Waals surface area contributed by atoms with Crippen molar-refractivity contribution in [1.29, 1.82) is 0 Å². The van der Waals surface area contributed by atoms with E-state index in [1.165, 1.54) is 32.1 Å². The lowest BCUT2D eigenvalue weighted by Gasteiger charge is -2.33. The van der Waals surface area contributed by atoms with Crippen molar-refractivity contribution in [3.05, 3.63) is 59.2 Å². The molecule has 1 unspecified atom stereocenters. The van der Waals surface area contributed by atoms with Crippen molar-refractivity contribution in [3.8, 4) is 11.1 Å². The van der Waals surface area contributed by atoms with Gasteiger partial charge in [0, 0.05) is 5.25 Å². The second kappa shape index (κ2) is 11.0. The van der Waals surface area contributed by atoms with E-state index >= 15 is 0 Å². The van der Waals surface area contributed by atoms with E-state index < -0.39 is 5.97 Å². The van der Waals surface area contributed by atoms with Crippen LogP contribution >= 0.6 is 11.8 Å². The highest BCUT2D eigenvalue weighted by Crippen LogP contribution is 2.36. The average molecular weight is 427 g/mol. The van der Waals surface area contributed by atoms with E-state index in [-0.39, 0.29) is 6.10 Å². The number of thioether (sulfide) groups is 1. The molecule has 1 aliphatic rings. The highest BCUT2D eigenvalue weighted by atomic mass is 32.2. The SMILES string of the molecule is CCSC(C1CCCCC1)[C@H](C)OCc1ccc(C(=O)O)c(-c2ccccc2C)c1. The molecule has 0 bridgehead atoms. The maximum Gasteiger partial charge on any atom is 0.336 e. The van der Waals surface area contributed by atoms with E-state index in [4.69, 9.17) is 4.74 Å². The van der Waals surface area contributed by atoms with Crippen LogP contribution in [0.1, 0.15) is 67.4 Å². The van der Waals surface area contributed by atoms with Crippen LogP contribution in [0.2, 0.25) is 0 Å². The summed E-state index contributed by atoms with van der Waals surface area (Å²) < 4.78 is 6.35. The fourth-order valence-corrected chi connectivity index (χ4v) is 5.88. The molecule has 3 rings (SSSR count). The fraction of sp³-hybridized carbons (Fsp3) is 0.500. The molecule has 3 nitrogen and oxygen atoms in total. The van der Waals surface area contributed by atoms with Crippen LogP contribution in [-0.2, 0) is 11.3 Å². The Morgan fingerprint density at radius 3 is 2.53 bits per heavy atom. The van der Waals surface area contributed by atoms with Gasteiger partial charge in [0.2, 0.25) is 0 Å². The molecule has 0 spiro atoms. The molecule has 0 heterocycles. The van der Waals surface area contributed by atoms with E-state index in [1.807, 2.05) is 55.1 Å². The molecular weight excluding hydrogens is 392 g/mol. The molecule has 0 aliphatic heterocycles. The van der Waals surface area contributed by atoms with Crippen molar-refractivity contribution in [2.75, 3.05) is 5.75 Å². The first-order chi connectivity index (χ1) is 14.5. The molecular formula is C26H34O3S. The molecule has 0 radical (unpaired) electrons. The number of rotatable bonds is 9. The van der Waals surface area contributed by atoms with Gasteiger partial charge in [-0.3, -0.25) is 0 Å². The smallest absolute Gasteiger partial charge is 0.336 e. The molecule has 2 aromatic carbocycles. The van der Waals surface area contributed by atoms with Crippen LogP contribution in [-0.4, -0.2) is 28.2 Å². The van der Waals surface area contributed by atoms with Gasteiger partial charge in [-0.15, -0.1) is 0 Å². The first-order valence-corrected chi connectivity index (χ1v) is 12.2. The molecule has 1 fully saturated rings. The van der Waals surface area contributed by atoms with Gasteiger partial charge in [-0.25, -0.2) is 4.79 Å². The first-order valence-electron chi connectivity index (χ1n) is 11.2. The zero-order valence-corrected chi connectivity index (χ0v) is 19.2. The normalized spacial score (nSPS) is 16.9. The molecule has 162 valence electrons. The third-order valence-corrected chi connectivity index (χ3v) is 7.69. The molecule has 2 aromatic rings. The number of carboxylic acids is 1. The first kappa shape index (κ1) is 22.9. The summed E-state index contributed by atoms with van der Waals surface area (Å²) in [6.45, 7) is 6.96. The Hall–Kier alpha value is -1.78. The summed E-state index contributed by atoms with van der Waals surface area (Å²) in [7, 11) is 0. The highest BCUT2D eigenvalue weighted by molar-refractivity contribution is 7.99. The molecule has 30 heavy (non-hydrogen) atoms. The number of aromatic carboxylic acids is 1. The van der Waals surface area contributed by atoms with E-state index in [0.717, 1.165) is 33.9 Å². The van der Waals surface area contributed by atoms with Crippen molar-refractivity contribution in [2.24, 2.45) is 5.92 Å². The van der Waals surface area contributed by atoms with Crippen LogP contribution in [0.15, 0.2) is 42.5 Å². The van der Waals surface area contributed by atoms with E-state index in [2.05, 4.69) is 13.8 Å². The van der Waals surface area contributed by atoms with Crippen molar-refractivity contribution >= 4 is 17.7 Å². The Labute approximate surface area is 185 Å². The van der Waals surface area contributed by atoms with Crippen LogP contribution in [0, 0.1) is 12.8 Å². The lowest BCUT2D eigenvalue weighted by Crippen LogP contribution is -2.32. The maximum atomic E-state index is 11.8. The second-order valence-electron chi connectivity index (χ2n) is 8.33. The Bertz CT molecular complexity index is 842. The molecule has 0 saturated heterocycles. The predicted octanol–water partition coefficient (Wildman–Crippen LogP) is 6.97. The minimum absolute atomic E-state index is 0.180. The van der Waals surface area contributed by atoms with Gasteiger partial charge in [0.25, 0.3) is 0 Å². The second-order valence-corrected chi connectivity index (χ2v) is 9.79. The third kappa shape index (κ3) is 5.67. The van der Waals surface area contributed by atoms with Crippen LogP contribution in [0.3, 0.4) is 0 Å². The third-order valence-electron chi connectivity index (χ3n) is 6.20. The molecule has 1 saturated carbocycles. The van der Waals surface area contributed by atoms with Gasteiger partial charge in [-0.05, 0) is 72.7 Å². The van der Waals surface area contributed by atoms with E-state index in [9.17, 15) is 9.90 Å². The van der Waals surface area contributed by atoms with Crippen LogP contribution in [0.5, 0.6) is 0 Å². The van der Waals surface area contributed by atoms with Crippen molar-refractivity contribution < 1.29 is 14.6 Å². The number of ether oxygens (including phenoxy) is 1. The Morgan fingerprint density at radius 2 is 1.87 bits per heavy atom. The zero-order chi connectivity index (χ0) is 21.5. The van der Waals surface area contributed by atoms with Crippen LogP contribution < -0.4 is 0 Å². The van der Waals surface area contributed by atoms with Gasteiger partial charge < -0.3 is 9.84 Å². The summed E-state index contributed by atoms with van der Waals surface area (Å²) in [6.07, 6.45) is 6.86. The Balaban J connectivity index is 1.77. The summed E-state index contributed by atoms with van der Waals surface area (Å²) in [5.41, 5.74) is 4.16. The van der Waals surface area contributed by atoms with Crippen molar-refractivity contribution in [1.82, 2.24) is 0 Å². The van der Waals surface area contributed by atoms with Gasteiger partial charge in [0.1, 0.15) is 0 Å². The largest absolute Gasteiger partial charge is 0.478 e. The summed E-state index contributed by atoms with van der Waals surface area (Å²) in [4.78, 5) is 11.8. The van der Waals surface area contributed by atoms with Crippen molar-refractivity contribution in [2.45, 2.75) is 70.8 Å². The van der Waals surface area contributed by atoms with Crippen molar-refractivity contribution in [3.63, 3.8) is 0 Å². The molecule has 1 aliphatic carbocycles. The molecule has 1 N–H and O–H groups in total. The Kier molecular flexibility index (Phi) is 8.41. The molecule has 0 aromatic heterocycles. The molecule has 0 amide bonds. The van der Waals surface area contributed by atoms with Gasteiger partial charge in [-0.1, -0.05) is 56.5 Å². The summed E-state index contributed by atoms with van der Waals surface area (Å²) in [5.74, 6) is 0.959. The lowest BCUT2D eigenvalue weighted by atomic mass is 9.85. The maximum absolute atomic E-state index is 11.8. The highest BCUT2D eigenvalue weighted by Gasteiger charge is 2.28. The summed E-state index contributed by atoms with van der Waals surface area (Å²) >= 11 is 2.03. The fourth-order valence-electron chi connectivity index (χ4n) is 4.60. The topological polar surface area (TPSA) is 46.5 Å². The quantitative estimate of drug-likeness (QED) is 0.470. The van der Waals surface area contributed by atoms with E-state index in [1.54, 1.807) is 6.07 Å². The van der Waals surface area contributed by atoms with Gasteiger partial charge >= 0.3 is 5.97 Å². The predicted molar refractivity (Wildman–Crippen MR) is 126 cm³/mol. The Morgan fingerprint density at radius 1 is 1.13 bits per heavy atom.